The number of hydrogen-bond donors (Lipinski definition) is 0. The van der Waals surface area contributed by atoms with Crippen LogP contribution in [0.4, 0.5) is 0 Å². The fourth-order valence-corrected chi connectivity index (χ4v) is 3.12. The average Bonchev–Trinajstić information content (AvgIpc) is 2.79. The minimum absolute atomic E-state index is 0.208. The highest BCUT2D eigenvalue weighted by molar-refractivity contribution is 5.84. The lowest BCUT2D eigenvalue weighted by molar-refractivity contribution is 0.169. The van der Waals surface area contributed by atoms with Crippen molar-refractivity contribution in [2.24, 2.45) is 7.05 Å². The number of nitrogens with zero attached hydrogens (tertiary/aromatic N) is 2. The predicted molar refractivity (Wildman–Crippen MR) is 97.6 cm³/mol. The van der Waals surface area contributed by atoms with Gasteiger partial charge in [0.15, 0.2) is 0 Å². The van der Waals surface area contributed by atoms with E-state index in [0.717, 1.165) is 6.54 Å². The summed E-state index contributed by atoms with van der Waals surface area (Å²) in [5, 5.41) is 1.40. The zero-order valence-corrected chi connectivity index (χ0v) is 15.4. The highest BCUT2D eigenvalue weighted by Crippen LogP contribution is 2.34. The van der Waals surface area contributed by atoms with Gasteiger partial charge in [0.2, 0.25) is 0 Å². The maximum Gasteiger partial charge on any atom is 0.0480 e. The molecule has 1 heterocycles. The fourth-order valence-electron chi connectivity index (χ4n) is 3.12. The maximum absolute atomic E-state index is 2.45. The van der Waals surface area contributed by atoms with E-state index in [4.69, 9.17) is 0 Å². The Balaban J connectivity index is 2.12. The number of hydrogen-bond acceptors (Lipinski definition) is 1. The largest absolute Gasteiger partial charge is 0.351 e. The third kappa shape index (κ3) is 3.55. The van der Waals surface area contributed by atoms with Gasteiger partial charge in [0, 0.05) is 29.7 Å². The van der Waals surface area contributed by atoms with Crippen molar-refractivity contribution in [3.63, 3.8) is 0 Å². The zero-order valence-electron chi connectivity index (χ0n) is 15.4. The molecule has 0 N–H and O–H groups in total. The van der Waals surface area contributed by atoms with E-state index in [1.165, 1.54) is 29.3 Å². The molecule has 0 aliphatic heterocycles. The van der Waals surface area contributed by atoms with Crippen molar-refractivity contribution in [1.29, 1.82) is 0 Å². The first kappa shape index (κ1) is 17.1. The first-order valence-electron chi connectivity index (χ1n) is 8.39. The summed E-state index contributed by atoms with van der Waals surface area (Å²) in [5.41, 5.74) is 3.27. The van der Waals surface area contributed by atoms with Crippen LogP contribution in [0.2, 0.25) is 0 Å². The molecule has 2 heteroatoms. The van der Waals surface area contributed by atoms with Crippen molar-refractivity contribution in [2.75, 3.05) is 13.6 Å². The second-order valence-corrected chi connectivity index (χ2v) is 8.24. The molecule has 0 saturated carbocycles. The van der Waals surface area contributed by atoms with E-state index in [0.29, 0.717) is 0 Å². The van der Waals surface area contributed by atoms with E-state index >= 15 is 0 Å². The number of aryl methyl sites for hydroxylation is 1. The molecule has 0 radical (unpaired) electrons. The monoisotopic (exact) mass is 300 g/mol. The molecule has 2 nitrogen and oxygen atoms in total. The normalized spacial score (nSPS) is 13.3. The lowest BCUT2D eigenvalue weighted by Gasteiger charge is -2.33. The molecule has 0 atom stereocenters. The Labute approximate surface area is 136 Å². The molecule has 0 amide bonds. The molecule has 122 valence electrons. The Morgan fingerprint density at radius 2 is 1.73 bits per heavy atom. The maximum atomic E-state index is 2.45. The molecule has 2 rings (SSSR count). The van der Waals surface area contributed by atoms with Crippen LogP contribution in [0.25, 0.3) is 10.9 Å². The summed E-state index contributed by atoms with van der Waals surface area (Å²) in [7, 11) is 4.35. The quantitative estimate of drug-likeness (QED) is 0.757. The van der Waals surface area contributed by atoms with Gasteiger partial charge in [-0.1, -0.05) is 26.0 Å². The topological polar surface area (TPSA) is 8.17 Å². The molecule has 0 aliphatic carbocycles. The summed E-state index contributed by atoms with van der Waals surface area (Å²) < 4.78 is 2.21. The van der Waals surface area contributed by atoms with E-state index in [-0.39, 0.29) is 11.0 Å². The molecule has 0 aliphatic rings. The SMILES string of the molecule is CN(CCCC(C)(C)c1cccc2c1ccn2C)C(C)(C)C. The summed E-state index contributed by atoms with van der Waals surface area (Å²) in [6.07, 6.45) is 4.60. The Bertz CT molecular complexity index is 629. The van der Waals surface area contributed by atoms with Crippen molar-refractivity contribution in [3.8, 4) is 0 Å². The van der Waals surface area contributed by atoms with Crippen molar-refractivity contribution in [3.05, 3.63) is 36.0 Å². The van der Waals surface area contributed by atoms with Crippen LogP contribution in [0, 0.1) is 0 Å². The van der Waals surface area contributed by atoms with Gasteiger partial charge in [0.05, 0.1) is 0 Å². The lowest BCUT2D eigenvalue weighted by atomic mass is 9.79. The number of aromatic nitrogens is 1. The van der Waals surface area contributed by atoms with Crippen LogP contribution in [-0.2, 0) is 12.5 Å². The highest BCUT2D eigenvalue weighted by Gasteiger charge is 2.24. The van der Waals surface area contributed by atoms with Gasteiger partial charge in [-0.15, -0.1) is 0 Å². The Morgan fingerprint density at radius 3 is 2.36 bits per heavy atom. The van der Waals surface area contributed by atoms with Gasteiger partial charge in [-0.05, 0) is 70.3 Å². The molecule has 1 aromatic heterocycles. The number of rotatable bonds is 5. The van der Waals surface area contributed by atoms with Crippen LogP contribution in [0.3, 0.4) is 0 Å². The second-order valence-electron chi connectivity index (χ2n) is 8.24. The van der Waals surface area contributed by atoms with E-state index < -0.39 is 0 Å². The van der Waals surface area contributed by atoms with Crippen LogP contribution in [-0.4, -0.2) is 28.6 Å². The molecule has 0 bridgehead atoms. The minimum Gasteiger partial charge on any atom is -0.351 e. The summed E-state index contributed by atoms with van der Waals surface area (Å²) in [5.74, 6) is 0. The summed E-state index contributed by atoms with van der Waals surface area (Å²) >= 11 is 0. The molecule has 0 spiro atoms. The molecule has 0 saturated heterocycles. The van der Waals surface area contributed by atoms with E-state index in [9.17, 15) is 0 Å². The minimum atomic E-state index is 0.208. The molecule has 0 unspecified atom stereocenters. The van der Waals surface area contributed by atoms with Crippen molar-refractivity contribution in [2.45, 2.75) is 58.4 Å². The zero-order chi connectivity index (χ0) is 16.5. The van der Waals surface area contributed by atoms with Crippen molar-refractivity contribution >= 4 is 10.9 Å². The highest BCUT2D eigenvalue weighted by atomic mass is 15.1. The molecule has 1 aromatic carbocycles. The van der Waals surface area contributed by atoms with Gasteiger partial charge in [-0.25, -0.2) is 0 Å². The van der Waals surface area contributed by atoms with Gasteiger partial charge in [0.25, 0.3) is 0 Å². The third-order valence-corrected chi connectivity index (χ3v) is 5.10. The lowest BCUT2D eigenvalue weighted by Crippen LogP contribution is -2.39. The molecule has 2 aromatic rings. The first-order valence-corrected chi connectivity index (χ1v) is 8.39. The summed E-state index contributed by atoms with van der Waals surface area (Å²) in [4.78, 5) is 2.45. The van der Waals surface area contributed by atoms with E-state index in [2.05, 4.69) is 88.6 Å². The van der Waals surface area contributed by atoms with Gasteiger partial charge in [0.1, 0.15) is 0 Å². The molecule has 22 heavy (non-hydrogen) atoms. The van der Waals surface area contributed by atoms with Gasteiger partial charge in [-0.2, -0.15) is 0 Å². The third-order valence-electron chi connectivity index (χ3n) is 5.10. The smallest absolute Gasteiger partial charge is 0.0480 e. The van der Waals surface area contributed by atoms with Crippen LogP contribution in [0.1, 0.15) is 53.0 Å². The van der Waals surface area contributed by atoms with Gasteiger partial charge in [-0.3, -0.25) is 0 Å². The van der Waals surface area contributed by atoms with Crippen LogP contribution >= 0.6 is 0 Å². The Morgan fingerprint density at radius 1 is 1.05 bits per heavy atom. The molecular weight excluding hydrogens is 268 g/mol. The number of benzene rings is 1. The average molecular weight is 300 g/mol. The summed E-state index contributed by atoms with van der Waals surface area (Å²) in [6.45, 7) is 12.8. The predicted octanol–water partition coefficient (Wildman–Crippen LogP) is 4.97. The molecular formula is C20H32N2. The standard InChI is InChI=1S/C20H32N2/c1-19(2,3)22(7)14-9-13-20(4,5)17-10-8-11-18-16(17)12-15-21(18)6/h8,10-12,15H,9,13-14H2,1-7H3. The Kier molecular flexibility index (Phi) is 4.72. The van der Waals surface area contributed by atoms with Crippen molar-refractivity contribution < 1.29 is 0 Å². The fraction of sp³-hybridized carbons (Fsp3) is 0.600. The first-order chi connectivity index (χ1) is 10.1. The summed E-state index contributed by atoms with van der Waals surface area (Å²) in [6, 6.07) is 8.96. The second kappa shape index (κ2) is 6.08. The number of fused-ring (bicyclic) bond motifs is 1. The molecule has 0 fully saturated rings. The van der Waals surface area contributed by atoms with Crippen LogP contribution < -0.4 is 0 Å². The van der Waals surface area contributed by atoms with Gasteiger partial charge < -0.3 is 9.47 Å². The van der Waals surface area contributed by atoms with Gasteiger partial charge >= 0.3 is 0 Å². The van der Waals surface area contributed by atoms with E-state index in [1.807, 2.05) is 0 Å². The van der Waals surface area contributed by atoms with Crippen LogP contribution in [0.15, 0.2) is 30.5 Å². The van der Waals surface area contributed by atoms with Crippen molar-refractivity contribution in [1.82, 2.24) is 9.47 Å². The Hall–Kier alpha value is -1.28. The van der Waals surface area contributed by atoms with Crippen LogP contribution in [0.5, 0.6) is 0 Å². The van der Waals surface area contributed by atoms with E-state index in [1.54, 1.807) is 0 Å².